The second-order valence-electron chi connectivity index (χ2n) is 7.53. The van der Waals surface area contributed by atoms with Gasteiger partial charge < -0.3 is 15.7 Å². The Labute approximate surface area is 200 Å². The number of hydrogen-bond acceptors (Lipinski definition) is 7. The van der Waals surface area contributed by atoms with Gasteiger partial charge in [-0.15, -0.1) is 22.7 Å². The SMILES string of the molecule is O=C(CNC(=O)c1cnc(C2C=CC(F)=CC2)s1)NC(CCCC(F)(F)F)C(O)c1nccs1. The number of carbonyl (C=O) groups is 2. The van der Waals surface area contributed by atoms with Gasteiger partial charge in [0.25, 0.3) is 5.91 Å². The van der Waals surface area contributed by atoms with E-state index in [1.54, 1.807) is 11.5 Å². The fourth-order valence-electron chi connectivity index (χ4n) is 3.23. The van der Waals surface area contributed by atoms with E-state index in [1.165, 1.54) is 24.5 Å². The molecule has 1 aliphatic carbocycles. The molecule has 1 aliphatic rings. The number of aliphatic hydroxyl groups excluding tert-OH is 1. The number of allylic oxidation sites excluding steroid dienone is 4. The molecule has 2 aromatic rings. The number of nitrogens with zero attached hydrogens (tertiary/aromatic N) is 2. The highest BCUT2D eigenvalue weighted by Gasteiger charge is 2.30. The molecule has 2 heterocycles. The molecule has 3 unspecified atom stereocenters. The minimum atomic E-state index is -4.35. The summed E-state index contributed by atoms with van der Waals surface area (Å²) >= 11 is 2.24. The molecule has 0 radical (unpaired) electrons. The van der Waals surface area contributed by atoms with Gasteiger partial charge in [-0.2, -0.15) is 13.2 Å². The maximum absolute atomic E-state index is 13.1. The number of thiazole rings is 2. The number of alkyl halides is 3. The molecule has 0 saturated carbocycles. The second kappa shape index (κ2) is 11.7. The topological polar surface area (TPSA) is 104 Å². The van der Waals surface area contributed by atoms with Gasteiger partial charge in [-0.25, -0.2) is 14.4 Å². The van der Waals surface area contributed by atoms with Crippen molar-refractivity contribution in [3.8, 4) is 0 Å². The lowest BCUT2D eigenvalue weighted by atomic mass is 10.0. The quantitative estimate of drug-likeness (QED) is 0.410. The number of hydrogen-bond donors (Lipinski definition) is 3. The number of rotatable bonds is 10. The Bertz CT molecular complexity index is 1040. The van der Waals surface area contributed by atoms with Crippen molar-refractivity contribution in [3.05, 3.63) is 56.7 Å². The van der Waals surface area contributed by atoms with Crippen molar-refractivity contribution in [1.29, 1.82) is 0 Å². The summed E-state index contributed by atoms with van der Waals surface area (Å²) in [6, 6.07) is -1.00. The van der Waals surface area contributed by atoms with Crippen LogP contribution in [0.25, 0.3) is 0 Å². The van der Waals surface area contributed by atoms with E-state index in [0.29, 0.717) is 11.4 Å². The van der Waals surface area contributed by atoms with Crippen molar-refractivity contribution in [2.24, 2.45) is 0 Å². The average molecular weight is 519 g/mol. The van der Waals surface area contributed by atoms with E-state index in [1.807, 2.05) is 0 Å². The van der Waals surface area contributed by atoms with Crippen LogP contribution in [0.4, 0.5) is 17.6 Å². The van der Waals surface area contributed by atoms with E-state index in [4.69, 9.17) is 0 Å². The smallest absolute Gasteiger partial charge is 0.384 e. The lowest BCUT2D eigenvalue weighted by Gasteiger charge is -2.23. The zero-order chi connectivity index (χ0) is 24.7. The van der Waals surface area contributed by atoms with Gasteiger partial charge in [0.1, 0.15) is 26.8 Å². The van der Waals surface area contributed by atoms with Gasteiger partial charge >= 0.3 is 6.18 Å². The van der Waals surface area contributed by atoms with Gasteiger partial charge in [-0.1, -0.05) is 6.08 Å². The highest BCUT2D eigenvalue weighted by atomic mass is 32.1. The number of aliphatic hydroxyl groups is 1. The van der Waals surface area contributed by atoms with Crippen LogP contribution >= 0.6 is 22.7 Å². The van der Waals surface area contributed by atoms with Gasteiger partial charge in [0.05, 0.1) is 18.8 Å². The summed E-state index contributed by atoms with van der Waals surface area (Å²) in [7, 11) is 0. The summed E-state index contributed by atoms with van der Waals surface area (Å²) in [6.45, 7) is -0.441. The Morgan fingerprint density at radius 3 is 2.74 bits per heavy atom. The molecule has 7 nitrogen and oxygen atoms in total. The second-order valence-corrected chi connectivity index (χ2v) is 9.52. The number of carbonyl (C=O) groups excluding carboxylic acids is 2. The Morgan fingerprint density at radius 1 is 1.29 bits per heavy atom. The van der Waals surface area contributed by atoms with Crippen LogP contribution in [0.2, 0.25) is 0 Å². The summed E-state index contributed by atoms with van der Waals surface area (Å²) in [5.41, 5.74) is 0. The van der Waals surface area contributed by atoms with E-state index >= 15 is 0 Å². The number of aromatic nitrogens is 2. The predicted octanol–water partition coefficient (Wildman–Crippen LogP) is 4.18. The molecule has 0 aliphatic heterocycles. The van der Waals surface area contributed by atoms with E-state index < -0.39 is 43.1 Å². The molecular weight excluding hydrogens is 496 g/mol. The molecule has 0 spiro atoms. The molecule has 2 amide bonds. The van der Waals surface area contributed by atoms with Crippen LogP contribution in [0.3, 0.4) is 0 Å². The lowest BCUT2D eigenvalue weighted by molar-refractivity contribution is -0.136. The fourth-order valence-corrected chi connectivity index (χ4v) is 4.84. The molecule has 3 rings (SSSR count). The highest BCUT2D eigenvalue weighted by Crippen LogP contribution is 2.30. The van der Waals surface area contributed by atoms with Crippen LogP contribution in [-0.4, -0.2) is 45.7 Å². The molecule has 0 fully saturated rings. The summed E-state index contributed by atoms with van der Waals surface area (Å²) in [5.74, 6) is -1.68. The maximum Gasteiger partial charge on any atom is 0.389 e. The normalized spacial score (nSPS) is 17.7. The molecule has 184 valence electrons. The zero-order valence-corrected chi connectivity index (χ0v) is 19.4. The first kappa shape index (κ1) is 26.0. The Morgan fingerprint density at radius 2 is 2.09 bits per heavy atom. The summed E-state index contributed by atoms with van der Waals surface area (Å²) in [6.07, 6.45) is 0.578. The molecule has 0 bridgehead atoms. The van der Waals surface area contributed by atoms with Crippen LogP contribution in [0, 0.1) is 0 Å². The minimum Gasteiger partial charge on any atom is -0.384 e. The predicted molar refractivity (Wildman–Crippen MR) is 119 cm³/mol. The van der Waals surface area contributed by atoms with Crippen molar-refractivity contribution < 1.29 is 32.3 Å². The lowest BCUT2D eigenvalue weighted by Crippen LogP contribution is -2.44. The van der Waals surface area contributed by atoms with Crippen LogP contribution in [0.15, 0.2) is 41.8 Å². The summed E-state index contributed by atoms with van der Waals surface area (Å²) < 4.78 is 50.7. The minimum absolute atomic E-state index is 0.123. The van der Waals surface area contributed by atoms with Crippen molar-refractivity contribution in [2.75, 3.05) is 6.54 Å². The van der Waals surface area contributed by atoms with Crippen molar-refractivity contribution in [1.82, 2.24) is 20.6 Å². The van der Waals surface area contributed by atoms with Crippen LogP contribution in [-0.2, 0) is 4.79 Å². The Hall–Kier alpha value is -2.64. The highest BCUT2D eigenvalue weighted by molar-refractivity contribution is 7.13. The van der Waals surface area contributed by atoms with Crippen molar-refractivity contribution >= 4 is 34.5 Å². The van der Waals surface area contributed by atoms with Crippen LogP contribution in [0.5, 0.6) is 0 Å². The molecule has 13 heteroatoms. The van der Waals surface area contributed by atoms with Gasteiger partial charge in [-0.3, -0.25) is 9.59 Å². The van der Waals surface area contributed by atoms with Gasteiger partial charge in [0.15, 0.2) is 0 Å². The third-order valence-electron chi connectivity index (χ3n) is 4.94. The largest absolute Gasteiger partial charge is 0.389 e. The molecular formula is C21H22F4N4O3S2. The van der Waals surface area contributed by atoms with E-state index in [-0.39, 0.29) is 34.5 Å². The van der Waals surface area contributed by atoms with Crippen molar-refractivity contribution in [3.63, 3.8) is 0 Å². The molecule has 34 heavy (non-hydrogen) atoms. The first-order valence-corrected chi connectivity index (χ1v) is 12.0. The van der Waals surface area contributed by atoms with Gasteiger partial charge in [0, 0.05) is 23.9 Å². The van der Waals surface area contributed by atoms with Crippen LogP contribution in [0.1, 0.15) is 57.4 Å². The molecule has 2 aromatic heterocycles. The molecule has 0 saturated heterocycles. The monoisotopic (exact) mass is 518 g/mol. The Kier molecular flexibility index (Phi) is 8.91. The maximum atomic E-state index is 13.1. The third kappa shape index (κ3) is 7.71. The summed E-state index contributed by atoms with van der Waals surface area (Å²) in [4.78, 5) is 33.2. The number of halogens is 4. The van der Waals surface area contributed by atoms with Gasteiger partial charge in [0.2, 0.25) is 5.91 Å². The first-order chi connectivity index (χ1) is 16.1. The van der Waals surface area contributed by atoms with Crippen molar-refractivity contribution in [2.45, 2.75) is 49.9 Å². The molecule has 0 aromatic carbocycles. The number of amides is 2. The van der Waals surface area contributed by atoms with Gasteiger partial charge in [-0.05, 0) is 31.4 Å². The Balaban J connectivity index is 1.53. The summed E-state index contributed by atoms with van der Waals surface area (Å²) in [5, 5.41) is 17.9. The number of nitrogens with one attached hydrogen (secondary N) is 2. The standard InChI is InChI=1S/C21H22F4N4O3S2/c22-13-5-3-12(4-6-13)19-28-10-15(34-19)18(32)27-11-16(30)29-14(2-1-7-21(23,24)25)17(31)20-26-8-9-33-20/h3,5-6,8-10,12,14,17,31H,1-2,4,7,11H2,(H,27,32)(H,29,30). The van der Waals surface area contributed by atoms with Crippen LogP contribution < -0.4 is 10.6 Å². The van der Waals surface area contributed by atoms with E-state index in [9.17, 15) is 32.3 Å². The fraction of sp³-hybridized carbons (Fsp3) is 0.429. The molecule has 3 atom stereocenters. The molecule has 3 N–H and O–H groups in total. The van der Waals surface area contributed by atoms with E-state index in [0.717, 1.165) is 22.7 Å². The third-order valence-corrected chi connectivity index (χ3v) is 6.91. The average Bonchev–Trinajstić information content (AvgIpc) is 3.48. The van der Waals surface area contributed by atoms with E-state index in [2.05, 4.69) is 20.6 Å². The first-order valence-electron chi connectivity index (χ1n) is 10.3. The zero-order valence-electron chi connectivity index (χ0n) is 17.7.